The predicted molar refractivity (Wildman–Crippen MR) is 65.6 cm³/mol. The third kappa shape index (κ3) is 2.39. The Morgan fingerprint density at radius 2 is 2.22 bits per heavy atom. The van der Waals surface area contributed by atoms with E-state index in [2.05, 4.69) is 4.98 Å². The summed E-state index contributed by atoms with van der Waals surface area (Å²) in [4.78, 5) is 26.9. The number of likely N-dealkylation sites (N-methyl/N-ethyl adjacent to an activating group) is 1. The van der Waals surface area contributed by atoms with Crippen LogP contribution < -0.4 is 4.90 Å². The Morgan fingerprint density at radius 1 is 1.61 bits per heavy atom. The molecule has 0 saturated carbocycles. The number of anilines is 1. The maximum Gasteiger partial charge on any atom is 0.329 e. The molecular formula is C11H15N3O4. The normalized spacial score (nSPS) is 11.1. The Morgan fingerprint density at radius 3 is 2.67 bits per heavy atom. The zero-order valence-electron chi connectivity index (χ0n) is 10.5. The van der Waals surface area contributed by atoms with Crippen molar-refractivity contribution in [3.63, 3.8) is 0 Å². The molecule has 0 saturated heterocycles. The molecule has 1 aromatic heterocycles. The van der Waals surface area contributed by atoms with Gasteiger partial charge in [0.05, 0.1) is 4.92 Å². The fourth-order valence-corrected chi connectivity index (χ4v) is 1.66. The van der Waals surface area contributed by atoms with E-state index in [4.69, 9.17) is 0 Å². The van der Waals surface area contributed by atoms with Crippen LogP contribution in [-0.4, -0.2) is 33.1 Å². The highest BCUT2D eigenvalue weighted by Crippen LogP contribution is 2.30. The Balaban J connectivity index is 3.34. The lowest BCUT2D eigenvalue weighted by molar-refractivity contribution is -0.384. The molecule has 1 N–H and O–H groups in total. The molecule has 0 aliphatic rings. The van der Waals surface area contributed by atoms with Crippen LogP contribution in [0.15, 0.2) is 18.3 Å². The van der Waals surface area contributed by atoms with Crippen LogP contribution in [-0.2, 0) is 4.79 Å². The van der Waals surface area contributed by atoms with E-state index >= 15 is 0 Å². The van der Waals surface area contributed by atoms with Gasteiger partial charge in [-0.25, -0.2) is 9.78 Å². The van der Waals surface area contributed by atoms with Gasteiger partial charge in [0.2, 0.25) is 5.82 Å². The molecule has 7 nitrogen and oxygen atoms in total. The van der Waals surface area contributed by atoms with Crippen molar-refractivity contribution in [3.05, 3.63) is 28.4 Å². The lowest BCUT2D eigenvalue weighted by atomic mass is 10.0. The minimum Gasteiger partial charge on any atom is -0.480 e. The minimum atomic E-state index is -1.27. The molecule has 1 heterocycles. The van der Waals surface area contributed by atoms with Gasteiger partial charge in [-0.15, -0.1) is 0 Å². The summed E-state index contributed by atoms with van der Waals surface area (Å²) < 4.78 is 0. The van der Waals surface area contributed by atoms with Gasteiger partial charge in [-0.05, 0) is 26.8 Å². The zero-order valence-corrected chi connectivity index (χ0v) is 10.5. The molecule has 0 fully saturated rings. The monoisotopic (exact) mass is 253 g/mol. The van der Waals surface area contributed by atoms with E-state index in [1.165, 1.54) is 37.1 Å². The van der Waals surface area contributed by atoms with Crippen molar-refractivity contribution in [2.24, 2.45) is 0 Å². The average Bonchev–Trinajstić information content (AvgIpc) is 2.29. The molecule has 98 valence electrons. The first-order valence-electron chi connectivity index (χ1n) is 5.42. The molecule has 0 unspecified atom stereocenters. The second kappa shape index (κ2) is 4.99. The van der Waals surface area contributed by atoms with Crippen molar-refractivity contribution in [2.45, 2.75) is 26.3 Å². The molecule has 0 aromatic carbocycles. The minimum absolute atomic E-state index is 0.0670. The zero-order chi connectivity index (χ0) is 13.9. The van der Waals surface area contributed by atoms with Gasteiger partial charge < -0.3 is 10.0 Å². The second-order valence-electron chi connectivity index (χ2n) is 4.21. The van der Waals surface area contributed by atoms with Gasteiger partial charge in [0.1, 0.15) is 5.54 Å². The molecule has 0 radical (unpaired) electrons. The Hall–Kier alpha value is -2.18. The quantitative estimate of drug-likeness (QED) is 0.633. The first kappa shape index (κ1) is 13.9. The summed E-state index contributed by atoms with van der Waals surface area (Å²) in [5.41, 5.74) is -1.47. The van der Waals surface area contributed by atoms with Crippen LogP contribution in [0.5, 0.6) is 0 Å². The summed E-state index contributed by atoms with van der Waals surface area (Å²) in [7, 11) is 0. The third-order valence-electron chi connectivity index (χ3n) is 2.73. The summed E-state index contributed by atoms with van der Waals surface area (Å²) in [5, 5.41) is 20.1. The van der Waals surface area contributed by atoms with Crippen LogP contribution in [0, 0.1) is 10.1 Å². The van der Waals surface area contributed by atoms with Crippen molar-refractivity contribution >= 4 is 17.5 Å². The summed E-state index contributed by atoms with van der Waals surface area (Å²) in [5.74, 6) is -0.998. The lowest BCUT2D eigenvalue weighted by Crippen LogP contribution is -2.50. The molecule has 18 heavy (non-hydrogen) atoms. The standard InChI is InChI=1S/C11H15N3O4/c1-4-13(11(2,3)10(15)16)9-8(14(17)18)6-5-7-12-9/h5-7H,4H2,1-3H3,(H,15,16). The predicted octanol–water partition coefficient (Wildman–Crippen LogP) is 1.68. The molecule has 0 aliphatic heterocycles. The number of nitrogens with zero attached hydrogens (tertiary/aromatic N) is 3. The number of carbonyl (C=O) groups is 1. The fraction of sp³-hybridized carbons (Fsp3) is 0.455. The number of aromatic nitrogens is 1. The lowest BCUT2D eigenvalue weighted by Gasteiger charge is -2.34. The highest BCUT2D eigenvalue weighted by molar-refractivity contribution is 5.83. The topological polar surface area (TPSA) is 96.6 Å². The van der Waals surface area contributed by atoms with E-state index in [0.29, 0.717) is 6.54 Å². The van der Waals surface area contributed by atoms with Crippen LogP contribution >= 0.6 is 0 Å². The maximum absolute atomic E-state index is 11.2. The molecule has 0 bridgehead atoms. The van der Waals surface area contributed by atoms with Crippen LogP contribution in [0.2, 0.25) is 0 Å². The smallest absolute Gasteiger partial charge is 0.329 e. The fourth-order valence-electron chi connectivity index (χ4n) is 1.66. The summed E-state index contributed by atoms with van der Waals surface area (Å²) in [6.07, 6.45) is 1.41. The van der Waals surface area contributed by atoms with E-state index in [1.54, 1.807) is 6.92 Å². The van der Waals surface area contributed by atoms with Gasteiger partial charge in [-0.1, -0.05) is 0 Å². The SMILES string of the molecule is CCN(c1ncccc1[N+](=O)[O-])C(C)(C)C(=O)O. The molecule has 7 heteroatoms. The van der Waals surface area contributed by atoms with Crippen LogP contribution in [0.25, 0.3) is 0 Å². The average molecular weight is 253 g/mol. The highest BCUT2D eigenvalue weighted by Gasteiger charge is 2.37. The Kier molecular flexibility index (Phi) is 3.85. The van der Waals surface area contributed by atoms with Gasteiger partial charge in [-0.3, -0.25) is 10.1 Å². The first-order chi connectivity index (χ1) is 8.32. The molecular weight excluding hydrogens is 238 g/mol. The van der Waals surface area contributed by atoms with E-state index in [-0.39, 0.29) is 11.5 Å². The summed E-state index contributed by atoms with van der Waals surface area (Å²) in [6, 6.07) is 2.76. The molecule has 0 spiro atoms. The Labute approximate surface area is 104 Å². The number of hydrogen-bond donors (Lipinski definition) is 1. The third-order valence-corrected chi connectivity index (χ3v) is 2.73. The molecule has 0 aliphatic carbocycles. The van der Waals surface area contributed by atoms with Gasteiger partial charge in [0.25, 0.3) is 0 Å². The van der Waals surface area contributed by atoms with Crippen LogP contribution in [0.3, 0.4) is 0 Å². The van der Waals surface area contributed by atoms with E-state index in [0.717, 1.165) is 0 Å². The van der Waals surface area contributed by atoms with Crippen molar-refractivity contribution in [3.8, 4) is 0 Å². The van der Waals surface area contributed by atoms with Crippen LogP contribution in [0.1, 0.15) is 20.8 Å². The van der Waals surface area contributed by atoms with Crippen molar-refractivity contribution < 1.29 is 14.8 Å². The molecule has 1 aromatic rings. The highest BCUT2D eigenvalue weighted by atomic mass is 16.6. The van der Waals surface area contributed by atoms with Crippen LogP contribution in [0.4, 0.5) is 11.5 Å². The number of nitro groups is 1. The van der Waals surface area contributed by atoms with Gasteiger partial charge >= 0.3 is 11.7 Å². The van der Waals surface area contributed by atoms with Crippen molar-refractivity contribution in [1.29, 1.82) is 0 Å². The molecule has 1 rings (SSSR count). The van der Waals surface area contributed by atoms with Crippen molar-refractivity contribution in [2.75, 3.05) is 11.4 Å². The number of carboxylic acid groups (broad SMARTS) is 1. The van der Waals surface area contributed by atoms with E-state index in [9.17, 15) is 20.0 Å². The Bertz CT molecular complexity index is 473. The number of carboxylic acids is 1. The van der Waals surface area contributed by atoms with E-state index < -0.39 is 16.4 Å². The largest absolute Gasteiger partial charge is 0.480 e. The summed E-state index contributed by atoms with van der Waals surface area (Å²) >= 11 is 0. The number of aliphatic carboxylic acids is 1. The number of pyridine rings is 1. The second-order valence-corrected chi connectivity index (χ2v) is 4.21. The van der Waals surface area contributed by atoms with Gasteiger partial charge in [0, 0.05) is 18.8 Å². The number of hydrogen-bond acceptors (Lipinski definition) is 5. The number of rotatable bonds is 5. The van der Waals surface area contributed by atoms with E-state index in [1.807, 2.05) is 0 Å². The maximum atomic E-state index is 11.2. The van der Waals surface area contributed by atoms with Crippen molar-refractivity contribution in [1.82, 2.24) is 4.98 Å². The van der Waals surface area contributed by atoms with Gasteiger partial charge in [-0.2, -0.15) is 0 Å². The summed E-state index contributed by atoms with van der Waals surface area (Å²) in [6.45, 7) is 4.99. The first-order valence-corrected chi connectivity index (χ1v) is 5.42. The van der Waals surface area contributed by atoms with Gasteiger partial charge in [0.15, 0.2) is 0 Å². The molecule has 0 amide bonds. The molecule has 0 atom stereocenters.